The van der Waals surface area contributed by atoms with E-state index in [-0.39, 0.29) is 23.6 Å². The van der Waals surface area contributed by atoms with Crippen LogP contribution in [0.3, 0.4) is 0 Å². The van der Waals surface area contributed by atoms with Gasteiger partial charge in [-0.05, 0) is 24.7 Å². The van der Waals surface area contributed by atoms with Gasteiger partial charge in [0.25, 0.3) is 0 Å². The molecule has 3 atom stereocenters. The van der Waals surface area contributed by atoms with Gasteiger partial charge in [-0.3, -0.25) is 0 Å². The Morgan fingerprint density at radius 2 is 1.94 bits per heavy atom. The molecule has 2 bridgehead atoms. The van der Waals surface area contributed by atoms with Gasteiger partial charge in [0.2, 0.25) is 11.8 Å². The van der Waals surface area contributed by atoms with Crippen LogP contribution < -0.4 is 4.84 Å². The SMILES string of the molecule is O=C(On1c(O)ccc1O)C1CC2C=CC1C2. The second-order valence-electron chi connectivity index (χ2n) is 4.64. The van der Waals surface area contributed by atoms with E-state index in [1.165, 1.54) is 12.1 Å². The summed E-state index contributed by atoms with van der Waals surface area (Å²) in [6.45, 7) is 0. The Kier molecular flexibility index (Phi) is 2.14. The lowest BCUT2D eigenvalue weighted by Gasteiger charge is -2.16. The molecule has 2 aliphatic rings. The Morgan fingerprint density at radius 3 is 2.47 bits per heavy atom. The highest BCUT2D eigenvalue weighted by molar-refractivity contribution is 5.74. The van der Waals surface area contributed by atoms with Gasteiger partial charge in [-0.15, -0.1) is 4.73 Å². The molecule has 2 aliphatic carbocycles. The van der Waals surface area contributed by atoms with Crippen LogP contribution in [-0.4, -0.2) is 20.9 Å². The van der Waals surface area contributed by atoms with Gasteiger partial charge in [0, 0.05) is 12.1 Å². The fourth-order valence-electron chi connectivity index (χ4n) is 2.70. The molecule has 0 amide bonds. The average molecular weight is 235 g/mol. The summed E-state index contributed by atoms with van der Waals surface area (Å²) in [5.41, 5.74) is 0. The number of hydrogen-bond acceptors (Lipinski definition) is 4. The van der Waals surface area contributed by atoms with Gasteiger partial charge >= 0.3 is 5.97 Å². The van der Waals surface area contributed by atoms with E-state index >= 15 is 0 Å². The van der Waals surface area contributed by atoms with Crippen molar-refractivity contribution in [1.82, 2.24) is 4.73 Å². The third-order valence-electron chi connectivity index (χ3n) is 3.56. The summed E-state index contributed by atoms with van der Waals surface area (Å²) < 4.78 is 0.748. The number of aromatic nitrogens is 1. The van der Waals surface area contributed by atoms with Gasteiger partial charge in [0.1, 0.15) is 0 Å². The van der Waals surface area contributed by atoms with Gasteiger partial charge in [-0.1, -0.05) is 12.2 Å². The highest BCUT2D eigenvalue weighted by Crippen LogP contribution is 2.43. The first-order valence-electron chi connectivity index (χ1n) is 5.65. The van der Waals surface area contributed by atoms with E-state index in [1.807, 2.05) is 0 Å². The van der Waals surface area contributed by atoms with Crippen LogP contribution in [0.1, 0.15) is 12.8 Å². The van der Waals surface area contributed by atoms with Gasteiger partial charge in [-0.2, -0.15) is 0 Å². The second kappa shape index (κ2) is 3.55. The zero-order chi connectivity index (χ0) is 12.0. The molecule has 5 heteroatoms. The lowest BCUT2D eigenvalue weighted by Crippen LogP contribution is -2.29. The number of hydrogen-bond donors (Lipinski definition) is 2. The Balaban J connectivity index is 1.74. The minimum Gasteiger partial charge on any atom is -0.492 e. The topological polar surface area (TPSA) is 71.7 Å². The fourth-order valence-corrected chi connectivity index (χ4v) is 2.70. The van der Waals surface area contributed by atoms with Crippen molar-refractivity contribution in [3.05, 3.63) is 24.3 Å². The van der Waals surface area contributed by atoms with Gasteiger partial charge in [-0.25, -0.2) is 4.79 Å². The predicted octanol–water partition coefficient (Wildman–Crippen LogP) is 1.07. The summed E-state index contributed by atoms with van der Waals surface area (Å²) >= 11 is 0. The molecule has 0 radical (unpaired) electrons. The molecule has 0 saturated heterocycles. The normalized spacial score (nSPS) is 29.8. The minimum atomic E-state index is -0.399. The highest BCUT2D eigenvalue weighted by Gasteiger charge is 2.41. The van der Waals surface area contributed by atoms with E-state index < -0.39 is 5.97 Å². The van der Waals surface area contributed by atoms with Gasteiger partial charge < -0.3 is 15.1 Å². The van der Waals surface area contributed by atoms with Crippen molar-refractivity contribution in [3.8, 4) is 11.8 Å². The summed E-state index contributed by atoms with van der Waals surface area (Å²) in [7, 11) is 0. The third-order valence-corrected chi connectivity index (χ3v) is 3.56. The van der Waals surface area contributed by atoms with E-state index in [0.29, 0.717) is 5.92 Å². The quantitative estimate of drug-likeness (QED) is 0.752. The number of carbonyl (C=O) groups excluding carboxylic acids is 1. The van der Waals surface area contributed by atoms with Crippen LogP contribution in [0.25, 0.3) is 0 Å². The molecule has 17 heavy (non-hydrogen) atoms. The molecule has 1 saturated carbocycles. The standard InChI is InChI=1S/C12H13NO4/c14-10-3-4-11(15)13(10)17-12(16)9-6-7-1-2-8(9)5-7/h1-4,7-9,14-15H,5-6H2. The number of aromatic hydroxyl groups is 2. The zero-order valence-electron chi connectivity index (χ0n) is 9.11. The molecule has 0 spiro atoms. The van der Waals surface area contributed by atoms with E-state index in [2.05, 4.69) is 12.2 Å². The molecule has 3 rings (SSSR count). The maximum atomic E-state index is 11.9. The van der Waals surface area contributed by atoms with Gasteiger partial charge in [0.15, 0.2) is 0 Å². The van der Waals surface area contributed by atoms with Crippen LogP contribution in [0.15, 0.2) is 24.3 Å². The minimum absolute atomic E-state index is 0.161. The molecule has 0 aliphatic heterocycles. The van der Waals surface area contributed by atoms with Crippen molar-refractivity contribution in [2.45, 2.75) is 12.8 Å². The molecule has 3 unspecified atom stereocenters. The van der Waals surface area contributed by atoms with Gasteiger partial charge in [0.05, 0.1) is 5.92 Å². The molecule has 1 aromatic heterocycles. The zero-order valence-corrected chi connectivity index (χ0v) is 9.11. The van der Waals surface area contributed by atoms with E-state index in [9.17, 15) is 15.0 Å². The van der Waals surface area contributed by atoms with Crippen LogP contribution in [0.4, 0.5) is 0 Å². The van der Waals surface area contributed by atoms with Crippen LogP contribution >= 0.6 is 0 Å². The average Bonchev–Trinajstić information content (AvgIpc) is 2.99. The largest absolute Gasteiger partial charge is 0.492 e. The number of fused-ring (bicyclic) bond motifs is 2. The third kappa shape index (κ3) is 1.58. The molecule has 5 nitrogen and oxygen atoms in total. The number of nitrogens with zero attached hydrogens (tertiary/aromatic N) is 1. The first-order chi connectivity index (χ1) is 8.15. The van der Waals surface area contributed by atoms with E-state index in [0.717, 1.165) is 17.6 Å². The highest BCUT2D eigenvalue weighted by atomic mass is 16.7. The monoisotopic (exact) mass is 235 g/mol. The lowest BCUT2D eigenvalue weighted by atomic mass is 9.94. The van der Waals surface area contributed by atoms with Crippen molar-refractivity contribution >= 4 is 5.97 Å². The van der Waals surface area contributed by atoms with Crippen molar-refractivity contribution in [1.29, 1.82) is 0 Å². The molecule has 1 aromatic rings. The maximum absolute atomic E-state index is 11.9. The Hall–Kier alpha value is -1.91. The summed E-state index contributed by atoms with van der Waals surface area (Å²) in [5.74, 6) is -0.407. The second-order valence-corrected chi connectivity index (χ2v) is 4.64. The summed E-state index contributed by atoms with van der Waals surface area (Å²) in [4.78, 5) is 16.9. The molecular formula is C12H13NO4. The fraction of sp³-hybridized carbons (Fsp3) is 0.417. The lowest BCUT2D eigenvalue weighted by molar-refractivity contribution is -0.151. The molecule has 0 aromatic carbocycles. The van der Waals surface area contributed by atoms with Crippen molar-refractivity contribution in [3.63, 3.8) is 0 Å². The van der Waals surface area contributed by atoms with Crippen molar-refractivity contribution in [2.75, 3.05) is 0 Å². The summed E-state index contributed by atoms with van der Waals surface area (Å²) in [5, 5.41) is 18.7. The van der Waals surface area contributed by atoms with Crippen LogP contribution in [0, 0.1) is 17.8 Å². The molecule has 1 fully saturated rings. The number of allylic oxidation sites excluding steroid dienone is 2. The number of rotatable bonds is 2. The summed E-state index contributed by atoms with van der Waals surface area (Å²) in [6, 6.07) is 2.53. The van der Waals surface area contributed by atoms with Crippen LogP contribution in [0.2, 0.25) is 0 Å². The van der Waals surface area contributed by atoms with E-state index in [1.54, 1.807) is 0 Å². The Bertz CT molecular complexity index is 471. The van der Waals surface area contributed by atoms with Crippen molar-refractivity contribution < 1.29 is 19.8 Å². The maximum Gasteiger partial charge on any atom is 0.336 e. The Morgan fingerprint density at radius 1 is 1.24 bits per heavy atom. The first-order valence-corrected chi connectivity index (χ1v) is 5.65. The molecular weight excluding hydrogens is 222 g/mol. The predicted molar refractivity (Wildman–Crippen MR) is 58.2 cm³/mol. The molecule has 2 N–H and O–H groups in total. The molecule has 1 heterocycles. The van der Waals surface area contributed by atoms with Crippen molar-refractivity contribution in [2.24, 2.45) is 17.8 Å². The van der Waals surface area contributed by atoms with E-state index in [4.69, 9.17) is 4.84 Å². The summed E-state index contributed by atoms with van der Waals surface area (Å²) in [6.07, 6.45) is 5.99. The van der Waals surface area contributed by atoms with Crippen LogP contribution in [0.5, 0.6) is 11.8 Å². The van der Waals surface area contributed by atoms with Crippen LogP contribution in [-0.2, 0) is 4.79 Å². The molecule has 90 valence electrons. The first kappa shape index (κ1) is 10.3. The Labute approximate surface area is 97.9 Å². The smallest absolute Gasteiger partial charge is 0.336 e. The number of carbonyl (C=O) groups is 1.